The van der Waals surface area contributed by atoms with Crippen LogP contribution in [-0.2, 0) is 6.54 Å². The first kappa shape index (κ1) is 14.8. The molecule has 0 saturated carbocycles. The van der Waals surface area contributed by atoms with Crippen LogP contribution < -0.4 is 5.32 Å². The van der Waals surface area contributed by atoms with Crippen molar-refractivity contribution in [3.8, 4) is 11.1 Å². The van der Waals surface area contributed by atoms with Crippen LogP contribution in [0.5, 0.6) is 0 Å². The molecule has 2 aromatic carbocycles. The molecule has 106 valence electrons. The van der Waals surface area contributed by atoms with E-state index in [2.05, 4.69) is 69.4 Å². The lowest BCUT2D eigenvalue weighted by molar-refractivity contribution is 0.676. The second-order valence-corrected chi connectivity index (χ2v) is 5.71. The van der Waals surface area contributed by atoms with Crippen LogP contribution in [-0.4, -0.2) is 6.54 Å². The maximum atomic E-state index is 3.51. The van der Waals surface area contributed by atoms with Crippen molar-refractivity contribution >= 4 is 0 Å². The lowest BCUT2D eigenvalue weighted by atomic mass is 9.95. The normalized spacial score (nSPS) is 10.8. The molecule has 0 aliphatic rings. The summed E-state index contributed by atoms with van der Waals surface area (Å²) in [5, 5.41) is 3.51. The van der Waals surface area contributed by atoms with E-state index in [0.29, 0.717) is 0 Å². The van der Waals surface area contributed by atoms with Gasteiger partial charge in [-0.1, -0.05) is 60.0 Å². The molecule has 1 N–H and O–H groups in total. The molecular formula is C19H25N. The molecule has 0 unspecified atom stereocenters. The second-order valence-electron chi connectivity index (χ2n) is 5.71. The summed E-state index contributed by atoms with van der Waals surface area (Å²) in [5.41, 5.74) is 8.05. The number of rotatable bonds is 5. The topological polar surface area (TPSA) is 12.0 Å². The molecule has 2 rings (SSSR count). The third kappa shape index (κ3) is 3.71. The van der Waals surface area contributed by atoms with Gasteiger partial charge in [-0.25, -0.2) is 0 Å². The Labute approximate surface area is 123 Å². The van der Waals surface area contributed by atoms with Crippen molar-refractivity contribution in [2.75, 3.05) is 6.54 Å². The fourth-order valence-corrected chi connectivity index (χ4v) is 2.64. The average Bonchev–Trinajstić information content (AvgIpc) is 2.39. The maximum absolute atomic E-state index is 3.51. The smallest absolute Gasteiger partial charge is 0.0211 e. The summed E-state index contributed by atoms with van der Waals surface area (Å²) in [5.74, 6) is 0. The van der Waals surface area contributed by atoms with Crippen LogP contribution in [0.25, 0.3) is 11.1 Å². The first-order valence-corrected chi connectivity index (χ1v) is 7.49. The van der Waals surface area contributed by atoms with Crippen molar-refractivity contribution in [3.63, 3.8) is 0 Å². The van der Waals surface area contributed by atoms with Crippen LogP contribution in [0.15, 0.2) is 36.4 Å². The van der Waals surface area contributed by atoms with Gasteiger partial charge in [0.15, 0.2) is 0 Å². The van der Waals surface area contributed by atoms with Crippen molar-refractivity contribution < 1.29 is 0 Å². The van der Waals surface area contributed by atoms with Gasteiger partial charge in [0.1, 0.15) is 0 Å². The summed E-state index contributed by atoms with van der Waals surface area (Å²) in [6.45, 7) is 10.7. The molecule has 2 aromatic rings. The van der Waals surface area contributed by atoms with Crippen molar-refractivity contribution in [1.82, 2.24) is 5.32 Å². The van der Waals surface area contributed by atoms with E-state index in [1.165, 1.54) is 39.8 Å². The largest absolute Gasteiger partial charge is 0.313 e. The van der Waals surface area contributed by atoms with Gasteiger partial charge in [0, 0.05) is 6.54 Å². The first-order valence-electron chi connectivity index (χ1n) is 7.49. The van der Waals surface area contributed by atoms with Gasteiger partial charge in [-0.05, 0) is 50.4 Å². The van der Waals surface area contributed by atoms with Crippen LogP contribution in [0.1, 0.15) is 35.6 Å². The van der Waals surface area contributed by atoms with E-state index >= 15 is 0 Å². The Bertz CT molecular complexity index is 564. The molecule has 20 heavy (non-hydrogen) atoms. The van der Waals surface area contributed by atoms with Crippen molar-refractivity contribution in [2.24, 2.45) is 0 Å². The van der Waals surface area contributed by atoms with Crippen molar-refractivity contribution in [3.05, 3.63) is 58.7 Å². The highest BCUT2D eigenvalue weighted by Gasteiger charge is 2.06. The van der Waals surface area contributed by atoms with Crippen LogP contribution in [0, 0.1) is 20.8 Å². The summed E-state index contributed by atoms with van der Waals surface area (Å²) in [6, 6.07) is 13.6. The Kier molecular flexibility index (Phi) is 4.97. The number of nitrogens with one attached hydrogen (secondary N) is 1. The summed E-state index contributed by atoms with van der Waals surface area (Å²) in [4.78, 5) is 0. The Hall–Kier alpha value is -1.60. The summed E-state index contributed by atoms with van der Waals surface area (Å²) < 4.78 is 0. The number of benzene rings is 2. The fourth-order valence-electron chi connectivity index (χ4n) is 2.64. The third-order valence-electron chi connectivity index (χ3n) is 3.54. The van der Waals surface area contributed by atoms with E-state index in [0.717, 1.165) is 13.1 Å². The lowest BCUT2D eigenvalue weighted by Crippen LogP contribution is -2.14. The summed E-state index contributed by atoms with van der Waals surface area (Å²) in [7, 11) is 0. The van der Waals surface area contributed by atoms with Gasteiger partial charge in [-0.15, -0.1) is 0 Å². The molecule has 0 aromatic heterocycles. The van der Waals surface area contributed by atoms with E-state index in [4.69, 9.17) is 0 Å². The van der Waals surface area contributed by atoms with Crippen molar-refractivity contribution in [1.29, 1.82) is 0 Å². The highest BCUT2D eigenvalue weighted by molar-refractivity contribution is 5.69. The zero-order valence-corrected chi connectivity index (χ0v) is 13.1. The molecule has 0 spiro atoms. The summed E-state index contributed by atoms with van der Waals surface area (Å²) >= 11 is 0. The van der Waals surface area contributed by atoms with E-state index in [1.807, 2.05) is 0 Å². The van der Waals surface area contributed by atoms with Gasteiger partial charge in [0.25, 0.3) is 0 Å². The van der Waals surface area contributed by atoms with Gasteiger partial charge >= 0.3 is 0 Å². The molecule has 0 fully saturated rings. The number of aryl methyl sites for hydroxylation is 3. The van der Waals surface area contributed by atoms with Crippen molar-refractivity contribution in [2.45, 2.75) is 40.7 Å². The maximum Gasteiger partial charge on any atom is 0.0211 e. The van der Waals surface area contributed by atoms with Crippen LogP contribution >= 0.6 is 0 Å². The van der Waals surface area contributed by atoms with Gasteiger partial charge in [-0.3, -0.25) is 0 Å². The Morgan fingerprint density at radius 2 is 1.55 bits per heavy atom. The van der Waals surface area contributed by atoms with E-state index in [9.17, 15) is 0 Å². The van der Waals surface area contributed by atoms with Gasteiger partial charge < -0.3 is 5.32 Å². The lowest BCUT2D eigenvalue weighted by Gasteiger charge is -2.13. The van der Waals surface area contributed by atoms with Crippen LogP contribution in [0.3, 0.4) is 0 Å². The molecule has 0 atom stereocenters. The predicted octanol–water partition coefficient (Wildman–Crippen LogP) is 4.78. The van der Waals surface area contributed by atoms with E-state index in [-0.39, 0.29) is 0 Å². The number of hydrogen-bond acceptors (Lipinski definition) is 1. The molecule has 0 radical (unpaired) electrons. The van der Waals surface area contributed by atoms with Crippen LogP contribution in [0.2, 0.25) is 0 Å². The average molecular weight is 267 g/mol. The molecular weight excluding hydrogens is 242 g/mol. The summed E-state index contributed by atoms with van der Waals surface area (Å²) in [6.07, 6.45) is 1.17. The zero-order chi connectivity index (χ0) is 14.5. The standard InChI is InChI=1S/C19H25N/c1-5-8-20-13-17-7-6-14(2)12-19(17)18-10-15(3)9-16(4)11-18/h6-7,9-12,20H,5,8,13H2,1-4H3. The second kappa shape index (κ2) is 6.71. The van der Waals surface area contributed by atoms with E-state index < -0.39 is 0 Å². The Morgan fingerprint density at radius 3 is 2.20 bits per heavy atom. The molecule has 1 heteroatoms. The first-order chi connectivity index (χ1) is 9.60. The Morgan fingerprint density at radius 1 is 0.850 bits per heavy atom. The van der Waals surface area contributed by atoms with Gasteiger partial charge in [-0.2, -0.15) is 0 Å². The monoisotopic (exact) mass is 267 g/mol. The molecule has 0 bridgehead atoms. The molecule has 0 aliphatic heterocycles. The Balaban J connectivity index is 2.40. The van der Waals surface area contributed by atoms with Crippen LogP contribution in [0.4, 0.5) is 0 Å². The quantitative estimate of drug-likeness (QED) is 0.769. The molecule has 0 heterocycles. The highest BCUT2D eigenvalue weighted by Crippen LogP contribution is 2.27. The number of hydrogen-bond donors (Lipinski definition) is 1. The third-order valence-corrected chi connectivity index (χ3v) is 3.54. The minimum Gasteiger partial charge on any atom is -0.313 e. The highest BCUT2D eigenvalue weighted by atomic mass is 14.8. The molecule has 0 aliphatic carbocycles. The molecule has 0 amide bonds. The molecule has 0 saturated heterocycles. The predicted molar refractivity (Wildman–Crippen MR) is 88.1 cm³/mol. The van der Waals surface area contributed by atoms with Gasteiger partial charge in [0.2, 0.25) is 0 Å². The molecule has 1 nitrogen and oxygen atoms in total. The SMILES string of the molecule is CCCNCc1ccc(C)cc1-c1cc(C)cc(C)c1. The van der Waals surface area contributed by atoms with E-state index in [1.54, 1.807) is 0 Å². The minimum atomic E-state index is 0.941. The zero-order valence-electron chi connectivity index (χ0n) is 13.1. The fraction of sp³-hybridized carbons (Fsp3) is 0.368. The minimum absolute atomic E-state index is 0.941. The van der Waals surface area contributed by atoms with Gasteiger partial charge in [0.05, 0.1) is 0 Å².